The van der Waals surface area contributed by atoms with E-state index < -0.39 is 5.82 Å². The van der Waals surface area contributed by atoms with Gasteiger partial charge in [-0.3, -0.25) is 4.79 Å². The fourth-order valence-electron chi connectivity index (χ4n) is 1.44. The highest BCUT2D eigenvalue weighted by Gasteiger charge is 2.16. The van der Waals surface area contributed by atoms with Crippen LogP contribution in [0.3, 0.4) is 0 Å². The number of rotatable bonds is 4. The highest BCUT2D eigenvalue weighted by Crippen LogP contribution is 2.27. The number of hydrogen-bond acceptors (Lipinski definition) is 2. The van der Waals surface area contributed by atoms with Crippen LogP contribution in [0.15, 0.2) is 18.2 Å². The van der Waals surface area contributed by atoms with Crippen molar-refractivity contribution in [1.29, 1.82) is 0 Å². The summed E-state index contributed by atoms with van der Waals surface area (Å²) in [6.45, 7) is 1.74. The van der Waals surface area contributed by atoms with Crippen LogP contribution in [0.2, 0.25) is 0 Å². The Hall–Kier alpha value is -1.29. The molecule has 16 heavy (non-hydrogen) atoms. The van der Waals surface area contributed by atoms with Gasteiger partial charge in [0.05, 0.1) is 13.2 Å². The average molecular weight is 246 g/mol. The number of para-hydroxylation sites is 1. The molecule has 1 aromatic rings. The molecule has 0 aliphatic carbocycles. The normalized spacial score (nSPS) is 12.0. The Morgan fingerprint density at radius 2 is 2.31 bits per heavy atom. The molecule has 0 spiro atoms. The van der Waals surface area contributed by atoms with Crippen LogP contribution < -0.4 is 10.1 Å². The fraction of sp³-hybridized carbons (Fsp3) is 0.364. The van der Waals surface area contributed by atoms with Gasteiger partial charge in [0.2, 0.25) is 5.91 Å². The second kappa shape index (κ2) is 5.70. The summed E-state index contributed by atoms with van der Waals surface area (Å²) in [6.07, 6.45) is 0. The maximum Gasteiger partial charge on any atom is 0.235 e. The molecule has 5 heteroatoms. The number of hydrogen-bond donors (Lipinski definition) is 1. The molecule has 0 heterocycles. The van der Waals surface area contributed by atoms with Gasteiger partial charge in [0.1, 0.15) is 5.88 Å². The van der Waals surface area contributed by atoms with Crippen molar-refractivity contribution < 1.29 is 13.9 Å². The molecule has 3 nitrogen and oxygen atoms in total. The lowest BCUT2D eigenvalue weighted by Gasteiger charge is -2.16. The molecule has 0 aliphatic rings. The number of benzene rings is 1. The number of carbonyl (C=O) groups is 1. The third kappa shape index (κ3) is 2.85. The molecular formula is C11H13ClFNO2. The Morgan fingerprint density at radius 3 is 2.88 bits per heavy atom. The van der Waals surface area contributed by atoms with Crippen LogP contribution in [-0.2, 0) is 4.79 Å². The lowest BCUT2D eigenvalue weighted by atomic mass is 10.1. The molecule has 0 fully saturated rings. The Morgan fingerprint density at radius 1 is 1.62 bits per heavy atom. The summed E-state index contributed by atoms with van der Waals surface area (Å²) in [4.78, 5) is 11.1. The average Bonchev–Trinajstić information content (AvgIpc) is 2.28. The zero-order valence-corrected chi connectivity index (χ0v) is 9.84. The molecule has 0 aliphatic heterocycles. The second-order valence-electron chi connectivity index (χ2n) is 3.29. The molecule has 1 N–H and O–H groups in total. The van der Waals surface area contributed by atoms with Gasteiger partial charge in [-0.25, -0.2) is 4.39 Å². The topological polar surface area (TPSA) is 38.3 Å². The Bertz CT molecular complexity index is 384. The van der Waals surface area contributed by atoms with E-state index in [4.69, 9.17) is 16.3 Å². The van der Waals surface area contributed by atoms with Crippen molar-refractivity contribution in [3.8, 4) is 5.75 Å². The van der Waals surface area contributed by atoms with Gasteiger partial charge >= 0.3 is 0 Å². The minimum atomic E-state index is -0.452. The standard InChI is InChI=1S/C11H13ClFNO2/c1-7(14-10(15)6-12)8-4-3-5-9(13)11(8)16-2/h3-5,7H,6H2,1-2H3,(H,14,15)/t7-/m1/s1. The summed E-state index contributed by atoms with van der Waals surface area (Å²) in [7, 11) is 1.39. The van der Waals surface area contributed by atoms with Crippen molar-refractivity contribution in [3.63, 3.8) is 0 Å². The quantitative estimate of drug-likeness (QED) is 0.827. The first-order valence-electron chi connectivity index (χ1n) is 4.78. The highest BCUT2D eigenvalue weighted by atomic mass is 35.5. The van der Waals surface area contributed by atoms with Crippen molar-refractivity contribution in [1.82, 2.24) is 5.32 Å². The van der Waals surface area contributed by atoms with Gasteiger partial charge in [-0.1, -0.05) is 12.1 Å². The molecule has 1 aromatic carbocycles. The number of alkyl halides is 1. The number of halogens is 2. The van der Waals surface area contributed by atoms with E-state index in [1.165, 1.54) is 13.2 Å². The lowest BCUT2D eigenvalue weighted by molar-refractivity contribution is -0.119. The van der Waals surface area contributed by atoms with Crippen molar-refractivity contribution in [3.05, 3.63) is 29.6 Å². The van der Waals surface area contributed by atoms with E-state index in [1.54, 1.807) is 19.1 Å². The van der Waals surface area contributed by atoms with Gasteiger partial charge in [0, 0.05) is 5.56 Å². The summed E-state index contributed by atoms with van der Waals surface area (Å²) < 4.78 is 18.3. The van der Waals surface area contributed by atoms with Crippen molar-refractivity contribution in [2.75, 3.05) is 13.0 Å². The third-order valence-corrected chi connectivity index (χ3v) is 2.41. The lowest BCUT2D eigenvalue weighted by Crippen LogP contribution is -2.27. The number of amides is 1. The fourth-order valence-corrected chi connectivity index (χ4v) is 1.52. The number of methoxy groups -OCH3 is 1. The maximum atomic E-state index is 13.4. The summed E-state index contributed by atoms with van der Waals surface area (Å²) in [6, 6.07) is 4.22. The predicted octanol–water partition coefficient (Wildman–Crippen LogP) is 2.25. The Labute approximate surface area is 98.5 Å². The van der Waals surface area contributed by atoms with Crippen LogP contribution in [-0.4, -0.2) is 18.9 Å². The van der Waals surface area contributed by atoms with E-state index in [0.29, 0.717) is 5.56 Å². The zero-order chi connectivity index (χ0) is 12.1. The van der Waals surface area contributed by atoms with E-state index in [2.05, 4.69) is 5.32 Å². The van der Waals surface area contributed by atoms with Crippen LogP contribution in [0, 0.1) is 5.82 Å². The van der Waals surface area contributed by atoms with Gasteiger partial charge in [-0.15, -0.1) is 11.6 Å². The number of nitrogens with one attached hydrogen (secondary N) is 1. The van der Waals surface area contributed by atoms with E-state index in [1.807, 2.05) is 0 Å². The summed E-state index contributed by atoms with van der Waals surface area (Å²) in [5.41, 5.74) is 0.584. The van der Waals surface area contributed by atoms with Crippen molar-refractivity contribution >= 4 is 17.5 Å². The molecule has 1 amide bonds. The zero-order valence-electron chi connectivity index (χ0n) is 9.09. The van der Waals surface area contributed by atoms with E-state index >= 15 is 0 Å². The molecule has 0 unspecified atom stereocenters. The molecule has 0 aromatic heterocycles. The van der Waals surface area contributed by atoms with Crippen LogP contribution in [0.1, 0.15) is 18.5 Å². The summed E-state index contributed by atoms with van der Waals surface area (Å²) in [5, 5.41) is 2.63. The molecular weight excluding hydrogens is 233 g/mol. The third-order valence-electron chi connectivity index (χ3n) is 2.17. The molecule has 1 rings (SSSR count). The smallest absolute Gasteiger partial charge is 0.235 e. The number of carbonyl (C=O) groups excluding carboxylic acids is 1. The molecule has 0 saturated carbocycles. The molecule has 0 bridgehead atoms. The first-order chi connectivity index (χ1) is 7.60. The monoisotopic (exact) mass is 245 g/mol. The summed E-state index contributed by atoms with van der Waals surface area (Å²) in [5.74, 6) is -0.737. The van der Waals surface area contributed by atoms with Crippen molar-refractivity contribution in [2.24, 2.45) is 0 Å². The molecule has 0 radical (unpaired) electrons. The van der Waals surface area contributed by atoms with Crippen LogP contribution >= 0.6 is 11.6 Å². The number of ether oxygens (including phenoxy) is 1. The van der Waals surface area contributed by atoms with Gasteiger partial charge in [-0.05, 0) is 13.0 Å². The molecule has 1 atom stereocenters. The van der Waals surface area contributed by atoms with E-state index in [0.717, 1.165) is 0 Å². The molecule has 88 valence electrons. The van der Waals surface area contributed by atoms with Gasteiger partial charge < -0.3 is 10.1 Å². The highest BCUT2D eigenvalue weighted by molar-refractivity contribution is 6.27. The maximum absolute atomic E-state index is 13.4. The molecule has 0 saturated heterocycles. The van der Waals surface area contributed by atoms with Crippen LogP contribution in [0.5, 0.6) is 5.75 Å². The predicted molar refractivity (Wildman–Crippen MR) is 60.2 cm³/mol. The first kappa shape index (κ1) is 12.8. The largest absolute Gasteiger partial charge is 0.493 e. The van der Waals surface area contributed by atoms with Crippen LogP contribution in [0.4, 0.5) is 4.39 Å². The second-order valence-corrected chi connectivity index (χ2v) is 3.55. The summed E-state index contributed by atoms with van der Waals surface area (Å²) >= 11 is 5.37. The Kier molecular flexibility index (Phi) is 4.55. The van der Waals surface area contributed by atoms with E-state index in [9.17, 15) is 9.18 Å². The van der Waals surface area contributed by atoms with Crippen molar-refractivity contribution in [2.45, 2.75) is 13.0 Å². The minimum absolute atomic E-state index is 0.123. The van der Waals surface area contributed by atoms with Gasteiger partial charge in [0.25, 0.3) is 0 Å². The van der Waals surface area contributed by atoms with Gasteiger partial charge in [0.15, 0.2) is 11.6 Å². The van der Waals surface area contributed by atoms with Crippen LogP contribution in [0.25, 0.3) is 0 Å². The van der Waals surface area contributed by atoms with Gasteiger partial charge in [-0.2, -0.15) is 0 Å². The van der Waals surface area contributed by atoms with E-state index in [-0.39, 0.29) is 23.6 Å². The Balaban J connectivity index is 2.94. The SMILES string of the molecule is COc1c(F)cccc1[C@@H](C)NC(=O)CCl. The minimum Gasteiger partial charge on any atom is -0.493 e. The first-order valence-corrected chi connectivity index (χ1v) is 5.31.